The molecule has 0 aromatic heterocycles. The lowest BCUT2D eigenvalue weighted by Gasteiger charge is -2.34. The van der Waals surface area contributed by atoms with Crippen LogP contribution in [0.4, 0.5) is 0 Å². The van der Waals surface area contributed by atoms with Crippen LogP contribution in [0.1, 0.15) is 13.8 Å². The van der Waals surface area contributed by atoms with Gasteiger partial charge in [-0.25, -0.2) is 0 Å². The minimum absolute atomic E-state index is 0.135. The molecule has 1 heterocycles. The van der Waals surface area contributed by atoms with Gasteiger partial charge in [-0.1, -0.05) is 13.8 Å². The van der Waals surface area contributed by atoms with Crippen LogP contribution < -0.4 is 5.32 Å². The van der Waals surface area contributed by atoms with Crippen LogP contribution in [0.25, 0.3) is 0 Å². The topological polar surface area (TPSA) is 69.6 Å². The first-order valence-electron chi connectivity index (χ1n) is 4.73. The molecule has 0 radical (unpaired) electrons. The van der Waals surface area contributed by atoms with Gasteiger partial charge in [0.2, 0.25) is 5.91 Å². The van der Waals surface area contributed by atoms with Crippen molar-refractivity contribution in [2.75, 3.05) is 19.6 Å². The third-order valence-corrected chi connectivity index (χ3v) is 2.42. The fourth-order valence-electron chi connectivity index (χ4n) is 1.50. The summed E-state index contributed by atoms with van der Waals surface area (Å²) in [5.74, 6) is -0.688. The van der Waals surface area contributed by atoms with Gasteiger partial charge in [0.25, 0.3) is 0 Å². The van der Waals surface area contributed by atoms with E-state index in [-0.39, 0.29) is 25.0 Å². The van der Waals surface area contributed by atoms with E-state index >= 15 is 0 Å². The van der Waals surface area contributed by atoms with Crippen LogP contribution in [0.5, 0.6) is 0 Å². The van der Waals surface area contributed by atoms with Crippen LogP contribution in [0.15, 0.2) is 0 Å². The quantitative estimate of drug-likeness (QED) is 0.646. The molecule has 0 bridgehead atoms. The van der Waals surface area contributed by atoms with E-state index in [4.69, 9.17) is 5.11 Å². The van der Waals surface area contributed by atoms with Crippen LogP contribution in [0, 0.1) is 5.92 Å². The second kappa shape index (κ2) is 4.41. The average Bonchev–Trinajstić information content (AvgIpc) is 2.07. The number of hydrogen-bond acceptors (Lipinski definition) is 3. The molecule has 14 heavy (non-hydrogen) atoms. The van der Waals surface area contributed by atoms with Gasteiger partial charge >= 0.3 is 5.97 Å². The van der Waals surface area contributed by atoms with Gasteiger partial charge in [0.1, 0.15) is 6.54 Å². The Bertz CT molecular complexity index is 240. The fourth-order valence-corrected chi connectivity index (χ4v) is 1.50. The van der Waals surface area contributed by atoms with Crippen molar-refractivity contribution >= 4 is 11.9 Å². The van der Waals surface area contributed by atoms with E-state index in [0.717, 1.165) is 0 Å². The molecule has 1 amide bonds. The molecule has 1 saturated heterocycles. The van der Waals surface area contributed by atoms with Crippen molar-refractivity contribution in [1.82, 2.24) is 10.2 Å². The molecule has 1 aliphatic heterocycles. The second-order valence-corrected chi connectivity index (χ2v) is 3.90. The van der Waals surface area contributed by atoms with Crippen molar-refractivity contribution < 1.29 is 14.7 Å². The summed E-state index contributed by atoms with van der Waals surface area (Å²) in [6.45, 7) is 4.64. The molecule has 0 spiro atoms. The second-order valence-electron chi connectivity index (χ2n) is 3.90. The number of amides is 1. The summed E-state index contributed by atoms with van der Waals surface area (Å²) < 4.78 is 0. The summed E-state index contributed by atoms with van der Waals surface area (Å²) in [5.41, 5.74) is 0. The highest BCUT2D eigenvalue weighted by Gasteiger charge is 2.27. The van der Waals surface area contributed by atoms with Crippen molar-refractivity contribution in [2.45, 2.75) is 19.9 Å². The molecule has 1 fully saturated rings. The van der Waals surface area contributed by atoms with E-state index in [1.54, 1.807) is 0 Å². The summed E-state index contributed by atoms with van der Waals surface area (Å²) in [5, 5.41) is 11.7. The molecule has 0 aromatic rings. The number of aliphatic carboxylic acids is 1. The summed E-state index contributed by atoms with van der Waals surface area (Å²) >= 11 is 0. The molecular formula is C9H16N2O3. The first-order chi connectivity index (χ1) is 6.50. The minimum atomic E-state index is -0.956. The Kier molecular flexibility index (Phi) is 3.46. The number of nitrogens with one attached hydrogen (secondary N) is 1. The molecule has 5 nitrogen and oxygen atoms in total. The normalized spacial score (nSPS) is 22.9. The molecule has 0 aromatic carbocycles. The van der Waals surface area contributed by atoms with Gasteiger partial charge < -0.3 is 15.3 Å². The molecule has 1 atom stereocenters. The molecule has 1 aliphatic rings. The highest BCUT2D eigenvalue weighted by molar-refractivity contribution is 5.83. The summed E-state index contributed by atoms with van der Waals surface area (Å²) in [6, 6.07) is 0.201. The molecule has 0 unspecified atom stereocenters. The summed E-state index contributed by atoms with van der Waals surface area (Å²) in [4.78, 5) is 23.2. The smallest absolute Gasteiger partial charge is 0.323 e. The van der Waals surface area contributed by atoms with Gasteiger partial charge in [0.05, 0.1) is 6.54 Å². The van der Waals surface area contributed by atoms with Gasteiger partial charge in [-0.05, 0) is 5.92 Å². The molecule has 0 aliphatic carbocycles. The third kappa shape index (κ3) is 2.70. The third-order valence-electron chi connectivity index (χ3n) is 2.42. The maximum atomic E-state index is 11.3. The Morgan fingerprint density at radius 2 is 2.36 bits per heavy atom. The lowest BCUT2D eigenvalue weighted by atomic mass is 10.0. The Hall–Kier alpha value is -1.10. The highest BCUT2D eigenvalue weighted by atomic mass is 16.4. The first-order valence-corrected chi connectivity index (χ1v) is 4.73. The largest absolute Gasteiger partial charge is 0.480 e. The fraction of sp³-hybridized carbons (Fsp3) is 0.778. The Labute approximate surface area is 83.1 Å². The van der Waals surface area contributed by atoms with Gasteiger partial charge in [-0.2, -0.15) is 0 Å². The van der Waals surface area contributed by atoms with Crippen molar-refractivity contribution in [3.8, 4) is 0 Å². The predicted molar refractivity (Wildman–Crippen MR) is 50.8 cm³/mol. The predicted octanol–water partition coefficient (Wildman–Crippen LogP) is -0.473. The zero-order valence-electron chi connectivity index (χ0n) is 8.49. The molecule has 1 rings (SSSR count). The minimum Gasteiger partial charge on any atom is -0.480 e. The van der Waals surface area contributed by atoms with Crippen LogP contribution in [-0.4, -0.2) is 47.6 Å². The molecule has 0 saturated carbocycles. The maximum Gasteiger partial charge on any atom is 0.323 e. The zero-order valence-corrected chi connectivity index (χ0v) is 8.49. The van der Waals surface area contributed by atoms with E-state index in [1.165, 1.54) is 4.90 Å². The molecule has 5 heteroatoms. The first kappa shape index (κ1) is 11.0. The number of carboxylic acids is 1. The van der Waals surface area contributed by atoms with Gasteiger partial charge in [0.15, 0.2) is 0 Å². The van der Waals surface area contributed by atoms with E-state index < -0.39 is 5.97 Å². The van der Waals surface area contributed by atoms with Crippen molar-refractivity contribution in [1.29, 1.82) is 0 Å². The highest BCUT2D eigenvalue weighted by Crippen LogP contribution is 2.08. The van der Waals surface area contributed by atoms with Crippen LogP contribution in [0.3, 0.4) is 0 Å². The number of carboxylic acid groups (broad SMARTS) is 1. The van der Waals surface area contributed by atoms with Crippen molar-refractivity contribution in [3.05, 3.63) is 0 Å². The van der Waals surface area contributed by atoms with Gasteiger partial charge in [-0.15, -0.1) is 0 Å². The number of carbonyl (C=O) groups excluding carboxylic acids is 1. The van der Waals surface area contributed by atoms with Gasteiger partial charge in [0, 0.05) is 12.6 Å². The molecular weight excluding hydrogens is 184 g/mol. The Morgan fingerprint density at radius 1 is 1.71 bits per heavy atom. The van der Waals surface area contributed by atoms with Crippen molar-refractivity contribution in [3.63, 3.8) is 0 Å². The number of nitrogens with zero attached hydrogens (tertiary/aromatic N) is 1. The lowest BCUT2D eigenvalue weighted by molar-refractivity contribution is -0.145. The number of carbonyl (C=O) groups is 2. The SMILES string of the molecule is CC(C)[C@H]1CN(CC(=O)O)C(=O)CN1. The number of piperazine rings is 1. The molecule has 2 N–H and O–H groups in total. The van der Waals surface area contributed by atoms with Crippen LogP contribution in [0.2, 0.25) is 0 Å². The number of rotatable bonds is 3. The summed E-state index contributed by atoms with van der Waals surface area (Å²) in [7, 11) is 0. The average molecular weight is 200 g/mol. The van der Waals surface area contributed by atoms with E-state index in [1.807, 2.05) is 13.8 Å². The van der Waals surface area contributed by atoms with Crippen molar-refractivity contribution in [2.24, 2.45) is 5.92 Å². The molecule has 80 valence electrons. The van der Waals surface area contributed by atoms with Crippen LogP contribution in [-0.2, 0) is 9.59 Å². The Balaban J connectivity index is 2.55. The van der Waals surface area contributed by atoms with E-state index in [0.29, 0.717) is 12.5 Å². The summed E-state index contributed by atoms with van der Waals surface area (Å²) in [6.07, 6.45) is 0. The van der Waals surface area contributed by atoms with E-state index in [2.05, 4.69) is 5.32 Å². The van der Waals surface area contributed by atoms with Crippen LogP contribution >= 0.6 is 0 Å². The lowest BCUT2D eigenvalue weighted by Crippen LogP contribution is -2.56. The zero-order chi connectivity index (χ0) is 10.7. The van der Waals surface area contributed by atoms with Gasteiger partial charge in [-0.3, -0.25) is 9.59 Å². The standard InChI is InChI=1S/C9H16N2O3/c1-6(2)7-4-11(5-9(13)14)8(12)3-10-7/h6-7,10H,3-5H2,1-2H3,(H,13,14)/t7-/m1/s1. The van der Waals surface area contributed by atoms with E-state index in [9.17, 15) is 9.59 Å². The number of hydrogen-bond donors (Lipinski definition) is 2. The monoisotopic (exact) mass is 200 g/mol. The maximum absolute atomic E-state index is 11.3. The Morgan fingerprint density at radius 3 is 2.86 bits per heavy atom.